The molecule has 0 aromatic heterocycles. The molecule has 0 bridgehead atoms. The summed E-state index contributed by atoms with van der Waals surface area (Å²) in [5.41, 5.74) is 0. The molecule has 1 heteroatoms. The minimum absolute atomic E-state index is 0.668. The molecule has 0 heterocycles. The molecule has 1 nitrogen and oxygen atoms in total. The fourth-order valence-electron chi connectivity index (χ4n) is 0.520. The Labute approximate surface area is 58.4 Å². The third kappa shape index (κ3) is 7.96. The first kappa shape index (κ1) is 8.96. The smallest absolute Gasteiger partial charge is 0.0488 e. The summed E-state index contributed by atoms with van der Waals surface area (Å²) < 4.78 is 5.30. The Morgan fingerprint density at radius 2 is 2.11 bits per heavy atom. The summed E-state index contributed by atoms with van der Waals surface area (Å²) in [6.45, 7) is 8.16. The zero-order chi connectivity index (χ0) is 7.11. The molecule has 0 aliphatic rings. The van der Waals surface area contributed by atoms with Crippen LogP contribution < -0.4 is 0 Å². The van der Waals surface area contributed by atoms with Gasteiger partial charge in [-0.25, -0.2) is 0 Å². The minimum Gasteiger partial charge on any atom is -0.381 e. The molecule has 0 aromatic rings. The first-order chi connectivity index (χ1) is 4.27. The summed E-state index contributed by atoms with van der Waals surface area (Å²) in [6, 6.07) is 0. The van der Waals surface area contributed by atoms with Gasteiger partial charge in [0.1, 0.15) is 0 Å². The van der Waals surface area contributed by atoms with E-state index in [0.717, 1.165) is 19.6 Å². The molecular weight excluding hydrogens is 112 g/mol. The maximum absolute atomic E-state index is 5.30. The number of unbranched alkanes of at least 4 members (excludes halogenated alkanes) is 1. The highest BCUT2D eigenvalue weighted by Crippen LogP contribution is 1.93. The van der Waals surface area contributed by atoms with E-state index in [2.05, 4.69) is 27.2 Å². The van der Waals surface area contributed by atoms with Gasteiger partial charge < -0.3 is 4.74 Å². The van der Waals surface area contributed by atoms with E-state index in [1.165, 1.54) is 0 Å². The summed E-state index contributed by atoms with van der Waals surface area (Å²) in [7, 11) is 0. The van der Waals surface area contributed by atoms with E-state index in [0.29, 0.717) is 5.92 Å². The van der Waals surface area contributed by atoms with E-state index in [-0.39, 0.29) is 0 Å². The van der Waals surface area contributed by atoms with E-state index < -0.39 is 0 Å². The van der Waals surface area contributed by atoms with Gasteiger partial charge in [0.15, 0.2) is 0 Å². The van der Waals surface area contributed by atoms with Crippen molar-refractivity contribution in [2.75, 3.05) is 13.2 Å². The lowest BCUT2D eigenvalue weighted by molar-refractivity contribution is 0.112. The van der Waals surface area contributed by atoms with Crippen LogP contribution in [0.2, 0.25) is 0 Å². The van der Waals surface area contributed by atoms with Crippen molar-refractivity contribution in [3.63, 3.8) is 0 Å². The third-order valence-corrected chi connectivity index (χ3v) is 1.00. The van der Waals surface area contributed by atoms with Crippen LogP contribution in [-0.4, -0.2) is 13.2 Å². The first-order valence-electron chi connectivity index (χ1n) is 3.63. The lowest BCUT2D eigenvalue weighted by Crippen LogP contribution is -2.02. The first-order valence-corrected chi connectivity index (χ1v) is 3.63. The maximum Gasteiger partial charge on any atom is 0.0488 e. The number of rotatable bonds is 5. The van der Waals surface area contributed by atoms with Crippen molar-refractivity contribution in [3.05, 3.63) is 6.42 Å². The lowest BCUT2D eigenvalue weighted by atomic mass is 10.2. The van der Waals surface area contributed by atoms with Gasteiger partial charge in [0.2, 0.25) is 0 Å². The summed E-state index contributed by atoms with van der Waals surface area (Å²) in [6.07, 6.45) is 3.20. The Morgan fingerprint density at radius 3 is 2.56 bits per heavy atom. The molecule has 0 N–H and O–H groups in total. The quantitative estimate of drug-likeness (QED) is 0.517. The molecule has 0 amide bonds. The van der Waals surface area contributed by atoms with Gasteiger partial charge in [0, 0.05) is 13.2 Å². The Morgan fingerprint density at radius 1 is 1.44 bits per heavy atom. The van der Waals surface area contributed by atoms with Crippen LogP contribution >= 0.6 is 0 Å². The SMILES string of the molecule is C[CH]CCOCC(C)C. The van der Waals surface area contributed by atoms with Crippen LogP contribution in [0, 0.1) is 12.3 Å². The molecule has 9 heavy (non-hydrogen) atoms. The molecule has 0 atom stereocenters. The zero-order valence-electron chi connectivity index (χ0n) is 6.68. The van der Waals surface area contributed by atoms with Crippen molar-refractivity contribution >= 4 is 0 Å². The molecule has 0 unspecified atom stereocenters. The van der Waals surface area contributed by atoms with Crippen LogP contribution in [0.4, 0.5) is 0 Å². The molecule has 0 spiro atoms. The van der Waals surface area contributed by atoms with E-state index in [1.807, 2.05) is 0 Å². The second kappa shape index (κ2) is 6.09. The second-order valence-electron chi connectivity index (χ2n) is 2.67. The molecule has 0 aromatic carbocycles. The number of ether oxygens (including phenoxy) is 1. The highest BCUT2D eigenvalue weighted by molar-refractivity contribution is 4.53. The minimum atomic E-state index is 0.668. The van der Waals surface area contributed by atoms with Gasteiger partial charge in [-0.3, -0.25) is 0 Å². The molecule has 0 aliphatic carbocycles. The summed E-state index contributed by atoms with van der Waals surface area (Å²) in [4.78, 5) is 0. The standard InChI is InChI=1S/C8H17O/c1-4-5-6-9-7-8(2)3/h4,8H,5-7H2,1-3H3. The monoisotopic (exact) mass is 129 g/mol. The molecule has 1 radical (unpaired) electrons. The van der Waals surface area contributed by atoms with Crippen LogP contribution in [0.15, 0.2) is 0 Å². The highest BCUT2D eigenvalue weighted by atomic mass is 16.5. The van der Waals surface area contributed by atoms with E-state index in [1.54, 1.807) is 0 Å². The Bertz CT molecular complexity index is 50.5. The average Bonchev–Trinajstić information content (AvgIpc) is 1.80. The zero-order valence-corrected chi connectivity index (χ0v) is 6.68. The lowest BCUT2D eigenvalue weighted by Gasteiger charge is -2.04. The summed E-state index contributed by atoms with van der Waals surface area (Å²) in [5, 5.41) is 0. The molecule has 0 rings (SSSR count). The van der Waals surface area contributed by atoms with Crippen molar-refractivity contribution in [1.29, 1.82) is 0 Å². The number of hydrogen-bond acceptors (Lipinski definition) is 1. The van der Waals surface area contributed by atoms with E-state index >= 15 is 0 Å². The van der Waals surface area contributed by atoms with Crippen LogP contribution in [0.1, 0.15) is 27.2 Å². The molecular formula is C8H17O. The predicted molar refractivity (Wildman–Crippen MR) is 40.2 cm³/mol. The average molecular weight is 129 g/mol. The van der Waals surface area contributed by atoms with Crippen LogP contribution in [0.25, 0.3) is 0 Å². The van der Waals surface area contributed by atoms with Crippen LogP contribution in [-0.2, 0) is 4.74 Å². The van der Waals surface area contributed by atoms with Gasteiger partial charge in [-0.2, -0.15) is 0 Å². The van der Waals surface area contributed by atoms with Crippen LogP contribution in [0.5, 0.6) is 0 Å². The predicted octanol–water partition coefficient (Wildman–Crippen LogP) is 2.27. The Hall–Kier alpha value is -0.0400. The Kier molecular flexibility index (Phi) is 6.06. The molecule has 0 fully saturated rings. The van der Waals surface area contributed by atoms with Gasteiger partial charge in [-0.15, -0.1) is 0 Å². The van der Waals surface area contributed by atoms with Crippen molar-refractivity contribution in [3.8, 4) is 0 Å². The maximum atomic E-state index is 5.30. The fourth-order valence-corrected chi connectivity index (χ4v) is 0.520. The third-order valence-electron chi connectivity index (χ3n) is 1.00. The van der Waals surface area contributed by atoms with E-state index in [4.69, 9.17) is 4.74 Å². The van der Waals surface area contributed by atoms with Gasteiger partial charge in [-0.05, 0) is 18.8 Å². The second-order valence-corrected chi connectivity index (χ2v) is 2.67. The topological polar surface area (TPSA) is 9.23 Å². The summed E-state index contributed by atoms with van der Waals surface area (Å²) >= 11 is 0. The largest absolute Gasteiger partial charge is 0.381 e. The number of hydrogen-bond donors (Lipinski definition) is 0. The molecule has 0 saturated carbocycles. The molecule has 55 valence electrons. The summed E-state index contributed by atoms with van der Waals surface area (Å²) in [5.74, 6) is 0.668. The molecule has 0 aliphatic heterocycles. The molecule has 0 saturated heterocycles. The van der Waals surface area contributed by atoms with Crippen molar-refractivity contribution < 1.29 is 4.74 Å². The van der Waals surface area contributed by atoms with Gasteiger partial charge in [0.05, 0.1) is 0 Å². The fraction of sp³-hybridized carbons (Fsp3) is 0.875. The van der Waals surface area contributed by atoms with E-state index in [9.17, 15) is 0 Å². The van der Waals surface area contributed by atoms with Gasteiger partial charge >= 0.3 is 0 Å². The van der Waals surface area contributed by atoms with Crippen LogP contribution in [0.3, 0.4) is 0 Å². The Balaban J connectivity index is 2.75. The van der Waals surface area contributed by atoms with Gasteiger partial charge in [-0.1, -0.05) is 20.8 Å². The van der Waals surface area contributed by atoms with Crippen molar-refractivity contribution in [2.45, 2.75) is 27.2 Å². The van der Waals surface area contributed by atoms with Crippen molar-refractivity contribution in [2.24, 2.45) is 5.92 Å². The highest BCUT2D eigenvalue weighted by Gasteiger charge is 1.91. The van der Waals surface area contributed by atoms with Gasteiger partial charge in [0.25, 0.3) is 0 Å². The normalized spacial score (nSPS) is 10.7. The van der Waals surface area contributed by atoms with Crippen molar-refractivity contribution in [1.82, 2.24) is 0 Å².